The molecule has 0 aliphatic rings. The van der Waals surface area contributed by atoms with Crippen molar-refractivity contribution in [2.24, 2.45) is 0 Å². The minimum atomic E-state index is 0.703. The molecule has 3 nitrogen and oxygen atoms in total. The van der Waals surface area contributed by atoms with E-state index in [-0.39, 0.29) is 0 Å². The van der Waals surface area contributed by atoms with Crippen molar-refractivity contribution in [1.29, 1.82) is 0 Å². The van der Waals surface area contributed by atoms with Gasteiger partial charge in [0.25, 0.3) is 0 Å². The number of hydrogen-bond acceptors (Lipinski definition) is 4. The summed E-state index contributed by atoms with van der Waals surface area (Å²) >= 11 is 7.62. The largest absolute Gasteiger partial charge is 0.308 e. The molecule has 2 aromatic heterocycles. The fourth-order valence-corrected chi connectivity index (χ4v) is 1.95. The van der Waals surface area contributed by atoms with Crippen LogP contribution in [0.25, 0.3) is 0 Å². The molecular weight excluding hydrogens is 230 g/mol. The van der Waals surface area contributed by atoms with E-state index in [0.29, 0.717) is 5.02 Å². The maximum Gasteiger partial charge on any atom is 0.0794 e. The van der Waals surface area contributed by atoms with Crippen LogP contribution >= 0.6 is 22.9 Å². The van der Waals surface area contributed by atoms with Gasteiger partial charge in [0, 0.05) is 36.6 Å². The van der Waals surface area contributed by atoms with Crippen LogP contribution in [-0.4, -0.2) is 9.97 Å². The van der Waals surface area contributed by atoms with Crippen molar-refractivity contribution in [1.82, 2.24) is 15.3 Å². The first-order valence-electron chi connectivity index (χ1n) is 4.53. The average molecular weight is 240 g/mol. The molecule has 0 fully saturated rings. The second-order valence-electron chi connectivity index (χ2n) is 3.04. The molecule has 0 saturated carbocycles. The van der Waals surface area contributed by atoms with E-state index < -0.39 is 0 Å². The Balaban J connectivity index is 1.86. The number of aromatic nitrogens is 2. The molecular formula is C10H10ClN3S. The molecule has 15 heavy (non-hydrogen) atoms. The Morgan fingerprint density at radius 3 is 2.93 bits per heavy atom. The highest BCUT2D eigenvalue weighted by molar-refractivity contribution is 7.09. The number of nitrogens with zero attached hydrogens (tertiary/aromatic N) is 2. The van der Waals surface area contributed by atoms with Crippen molar-refractivity contribution >= 4 is 22.9 Å². The molecule has 0 unspecified atom stereocenters. The Kier molecular flexibility index (Phi) is 3.66. The first-order chi connectivity index (χ1) is 7.36. The molecule has 0 bridgehead atoms. The molecule has 78 valence electrons. The third-order valence-electron chi connectivity index (χ3n) is 1.95. The van der Waals surface area contributed by atoms with Crippen LogP contribution in [0.3, 0.4) is 0 Å². The summed E-state index contributed by atoms with van der Waals surface area (Å²) in [7, 11) is 0. The second kappa shape index (κ2) is 5.21. The van der Waals surface area contributed by atoms with E-state index in [9.17, 15) is 0 Å². The van der Waals surface area contributed by atoms with Crippen molar-refractivity contribution in [3.8, 4) is 0 Å². The molecule has 0 aliphatic heterocycles. The van der Waals surface area contributed by atoms with E-state index in [1.165, 1.54) is 4.88 Å². The molecule has 0 amide bonds. The normalized spacial score (nSPS) is 10.5. The van der Waals surface area contributed by atoms with Gasteiger partial charge in [-0.25, -0.2) is 0 Å². The molecule has 0 radical (unpaired) electrons. The first-order valence-corrected chi connectivity index (χ1v) is 5.78. The molecule has 5 heteroatoms. The average Bonchev–Trinajstić information content (AvgIpc) is 2.74. The van der Waals surface area contributed by atoms with Gasteiger partial charge in [-0.15, -0.1) is 11.3 Å². The van der Waals surface area contributed by atoms with E-state index in [4.69, 9.17) is 11.6 Å². The van der Waals surface area contributed by atoms with Crippen LogP contribution in [0.1, 0.15) is 10.4 Å². The lowest BCUT2D eigenvalue weighted by Gasteiger charge is -2.04. The van der Waals surface area contributed by atoms with Gasteiger partial charge < -0.3 is 5.32 Å². The van der Waals surface area contributed by atoms with Gasteiger partial charge in [-0.1, -0.05) is 11.6 Å². The molecule has 2 heterocycles. The van der Waals surface area contributed by atoms with Crippen LogP contribution in [0.5, 0.6) is 0 Å². The van der Waals surface area contributed by atoms with E-state index in [0.717, 1.165) is 18.7 Å². The predicted molar refractivity (Wildman–Crippen MR) is 61.9 cm³/mol. The van der Waals surface area contributed by atoms with E-state index in [1.54, 1.807) is 23.7 Å². The van der Waals surface area contributed by atoms with Crippen LogP contribution in [-0.2, 0) is 13.1 Å². The van der Waals surface area contributed by atoms with Gasteiger partial charge in [0.1, 0.15) is 0 Å². The van der Waals surface area contributed by atoms with Crippen molar-refractivity contribution in [2.75, 3.05) is 0 Å². The highest BCUT2D eigenvalue weighted by Gasteiger charge is 1.99. The van der Waals surface area contributed by atoms with Crippen molar-refractivity contribution < 1.29 is 0 Å². The Morgan fingerprint density at radius 1 is 1.27 bits per heavy atom. The van der Waals surface area contributed by atoms with E-state index in [2.05, 4.69) is 15.3 Å². The van der Waals surface area contributed by atoms with Gasteiger partial charge in [-0.2, -0.15) is 0 Å². The van der Waals surface area contributed by atoms with Crippen LogP contribution < -0.4 is 5.32 Å². The summed E-state index contributed by atoms with van der Waals surface area (Å²) in [5.41, 5.74) is 2.90. The van der Waals surface area contributed by atoms with Gasteiger partial charge in [-0.3, -0.25) is 9.97 Å². The number of nitrogens with one attached hydrogen (secondary N) is 1. The number of thiazole rings is 1. The molecule has 0 aromatic carbocycles. The minimum Gasteiger partial charge on any atom is -0.308 e. The monoisotopic (exact) mass is 239 g/mol. The zero-order valence-electron chi connectivity index (χ0n) is 7.98. The van der Waals surface area contributed by atoms with Crippen LogP contribution in [0.15, 0.2) is 30.2 Å². The fraction of sp³-hybridized carbons (Fsp3) is 0.200. The predicted octanol–water partition coefficient (Wildman–Crippen LogP) is 2.48. The summed E-state index contributed by atoms with van der Waals surface area (Å²) in [5, 5.41) is 4.01. The lowest BCUT2D eigenvalue weighted by atomic mass is 10.2. The molecule has 2 rings (SSSR count). The van der Waals surface area contributed by atoms with Gasteiger partial charge in [0.2, 0.25) is 0 Å². The van der Waals surface area contributed by atoms with Crippen molar-refractivity contribution in [2.45, 2.75) is 13.1 Å². The summed E-state index contributed by atoms with van der Waals surface area (Å²) < 4.78 is 0. The third-order valence-corrected chi connectivity index (χ3v) is 3.07. The Bertz CT molecular complexity index is 416. The maximum atomic E-state index is 5.97. The Hall–Kier alpha value is -0.970. The third kappa shape index (κ3) is 2.99. The molecule has 0 saturated heterocycles. The highest BCUT2D eigenvalue weighted by atomic mass is 35.5. The number of hydrogen-bond donors (Lipinski definition) is 1. The summed E-state index contributed by atoms with van der Waals surface area (Å²) in [6.07, 6.45) is 5.27. The van der Waals surface area contributed by atoms with Crippen molar-refractivity contribution in [3.63, 3.8) is 0 Å². The Morgan fingerprint density at radius 2 is 2.20 bits per heavy atom. The number of pyridine rings is 1. The standard InChI is InChI=1S/C10H10ClN3S/c11-10-6-12-2-1-8(10)3-13-4-9-5-14-7-15-9/h1-2,5-7,13H,3-4H2. The topological polar surface area (TPSA) is 37.8 Å². The second-order valence-corrected chi connectivity index (χ2v) is 4.42. The molecule has 0 aliphatic carbocycles. The minimum absolute atomic E-state index is 0.703. The quantitative estimate of drug-likeness (QED) is 0.891. The molecule has 0 atom stereocenters. The SMILES string of the molecule is Clc1cnccc1CNCc1cncs1. The highest BCUT2D eigenvalue weighted by Crippen LogP contribution is 2.13. The Labute approximate surface area is 97.2 Å². The zero-order chi connectivity index (χ0) is 10.5. The lowest BCUT2D eigenvalue weighted by Crippen LogP contribution is -2.12. The van der Waals surface area contributed by atoms with Gasteiger partial charge in [0.15, 0.2) is 0 Å². The number of rotatable bonds is 4. The summed E-state index contributed by atoms with van der Waals surface area (Å²) in [6.45, 7) is 1.57. The molecule has 1 N–H and O–H groups in total. The van der Waals surface area contributed by atoms with Crippen LogP contribution in [0, 0.1) is 0 Å². The van der Waals surface area contributed by atoms with Gasteiger partial charge in [-0.05, 0) is 11.6 Å². The summed E-state index contributed by atoms with van der Waals surface area (Å²) in [6, 6.07) is 1.92. The van der Waals surface area contributed by atoms with Crippen molar-refractivity contribution in [3.05, 3.63) is 45.6 Å². The van der Waals surface area contributed by atoms with Gasteiger partial charge in [0.05, 0.1) is 10.5 Å². The van der Waals surface area contributed by atoms with Crippen LogP contribution in [0.2, 0.25) is 5.02 Å². The van der Waals surface area contributed by atoms with Crippen LogP contribution in [0.4, 0.5) is 0 Å². The lowest BCUT2D eigenvalue weighted by molar-refractivity contribution is 0.699. The van der Waals surface area contributed by atoms with Gasteiger partial charge >= 0.3 is 0 Å². The van der Waals surface area contributed by atoms with E-state index >= 15 is 0 Å². The summed E-state index contributed by atoms with van der Waals surface area (Å²) in [5.74, 6) is 0. The molecule has 0 spiro atoms. The molecule has 2 aromatic rings. The zero-order valence-corrected chi connectivity index (χ0v) is 9.55. The maximum absolute atomic E-state index is 5.97. The smallest absolute Gasteiger partial charge is 0.0794 e. The summed E-state index contributed by atoms with van der Waals surface area (Å²) in [4.78, 5) is 9.17. The first kappa shape index (κ1) is 10.5. The fourth-order valence-electron chi connectivity index (χ4n) is 1.20. The number of halogens is 1. The van der Waals surface area contributed by atoms with E-state index in [1.807, 2.05) is 17.8 Å².